The molecule has 2 N–H and O–H groups in total. The van der Waals surface area contributed by atoms with Gasteiger partial charge in [-0.15, -0.1) is 0 Å². The van der Waals surface area contributed by atoms with E-state index in [1.54, 1.807) is 19.1 Å². The zero-order valence-corrected chi connectivity index (χ0v) is 20.5. The summed E-state index contributed by atoms with van der Waals surface area (Å²) in [6.07, 6.45) is 6.38. The van der Waals surface area contributed by atoms with Crippen LogP contribution in [0.15, 0.2) is 53.4 Å². The van der Waals surface area contributed by atoms with Gasteiger partial charge < -0.3 is 10.1 Å². The third-order valence-electron chi connectivity index (χ3n) is 6.28. The predicted molar refractivity (Wildman–Crippen MR) is 129 cm³/mol. The molecule has 1 amide bonds. The van der Waals surface area contributed by atoms with Crippen LogP contribution in [-0.2, 0) is 27.9 Å². The molecule has 1 saturated carbocycles. The topological polar surface area (TPSA) is 87.7 Å². The highest BCUT2D eigenvalue weighted by molar-refractivity contribution is 7.89. The molecule has 0 bridgehead atoms. The van der Waals surface area contributed by atoms with E-state index in [4.69, 9.17) is 4.74 Å². The molecule has 0 unspecified atom stereocenters. The number of carbonyl (C=O) groups excluding carboxylic acids is 1. The molecule has 3 rings (SSSR count). The highest BCUT2D eigenvalue weighted by atomic mass is 32.2. The summed E-state index contributed by atoms with van der Waals surface area (Å²) in [6.45, 7) is 2.72. The molecular formula is C25H35N3O4S. The second-order valence-corrected chi connectivity index (χ2v) is 10.4. The maximum atomic E-state index is 12.6. The van der Waals surface area contributed by atoms with Crippen LogP contribution < -0.4 is 14.8 Å². The summed E-state index contributed by atoms with van der Waals surface area (Å²) in [4.78, 5) is 15.1. The molecule has 2 aromatic carbocycles. The number of nitrogens with one attached hydrogen (secondary N) is 2. The van der Waals surface area contributed by atoms with E-state index in [0.717, 1.165) is 12.1 Å². The molecule has 0 saturated heterocycles. The van der Waals surface area contributed by atoms with Crippen LogP contribution in [0.4, 0.5) is 0 Å². The number of sulfonamides is 1. The standard InChI is InChI=1S/C25H35N3O4S/c1-19(27-33(30,31)24-15-13-23(32-3)14-16-24)25(29)26-17-20-9-7-8-10-21(20)18-28(2)22-11-5-4-6-12-22/h7-10,13-16,19,22,27H,4-6,11-12,17-18H2,1-3H3,(H,26,29)/t19-/m0/s1. The first-order valence-electron chi connectivity index (χ1n) is 11.5. The first-order chi connectivity index (χ1) is 15.8. The fourth-order valence-electron chi connectivity index (χ4n) is 4.25. The SMILES string of the molecule is COc1ccc(S(=O)(=O)N[C@@H](C)C(=O)NCc2ccccc2CN(C)C2CCCCC2)cc1. The zero-order valence-electron chi connectivity index (χ0n) is 19.7. The fourth-order valence-corrected chi connectivity index (χ4v) is 5.45. The molecule has 1 atom stereocenters. The number of hydrogen-bond donors (Lipinski definition) is 2. The van der Waals surface area contributed by atoms with E-state index in [2.05, 4.69) is 28.1 Å². The smallest absolute Gasteiger partial charge is 0.241 e. The normalized spacial score (nSPS) is 15.9. The Morgan fingerprint density at radius 2 is 1.70 bits per heavy atom. The van der Waals surface area contributed by atoms with Crippen molar-refractivity contribution in [2.24, 2.45) is 0 Å². The van der Waals surface area contributed by atoms with E-state index in [1.165, 1.54) is 56.9 Å². The van der Waals surface area contributed by atoms with Crippen molar-refractivity contribution in [1.82, 2.24) is 14.9 Å². The molecule has 33 heavy (non-hydrogen) atoms. The van der Waals surface area contributed by atoms with E-state index >= 15 is 0 Å². The molecule has 1 aliphatic carbocycles. The van der Waals surface area contributed by atoms with E-state index in [9.17, 15) is 13.2 Å². The lowest BCUT2D eigenvalue weighted by Crippen LogP contribution is -2.44. The van der Waals surface area contributed by atoms with Crippen molar-refractivity contribution in [2.45, 2.75) is 69.1 Å². The largest absolute Gasteiger partial charge is 0.497 e. The van der Waals surface area contributed by atoms with Crippen molar-refractivity contribution >= 4 is 15.9 Å². The predicted octanol–water partition coefficient (Wildman–Crippen LogP) is 3.44. The van der Waals surface area contributed by atoms with Gasteiger partial charge in [0.15, 0.2) is 0 Å². The lowest BCUT2D eigenvalue weighted by atomic mass is 9.94. The maximum Gasteiger partial charge on any atom is 0.241 e. The van der Waals surface area contributed by atoms with E-state index in [1.807, 2.05) is 18.2 Å². The minimum atomic E-state index is -3.82. The maximum absolute atomic E-state index is 12.6. The minimum Gasteiger partial charge on any atom is -0.497 e. The molecule has 0 spiro atoms. The van der Waals surface area contributed by atoms with Crippen molar-refractivity contribution in [3.8, 4) is 5.75 Å². The zero-order chi connectivity index (χ0) is 23.8. The number of nitrogens with zero attached hydrogens (tertiary/aromatic N) is 1. The van der Waals surface area contributed by atoms with Gasteiger partial charge >= 0.3 is 0 Å². The van der Waals surface area contributed by atoms with Gasteiger partial charge in [0, 0.05) is 19.1 Å². The molecule has 2 aromatic rings. The number of carbonyl (C=O) groups is 1. The third-order valence-corrected chi connectivity index (χ3v) is 7.84. The monoisotopic (exact) mass is 473 g/mol. The Morgan fingerprint density at radius 1 is 1.06 bits per heavy atom. The van der Waals surface area contributed by atoms with Gasteiger partial charge in [-0.25, -0.2) is 8.42 Å². The van der Waals surface area contributed by atoms with Gasteiger partial charge in [0.25, 0.3) is 0 Å². The van der Waals surface area contributed by atoms with Crippen LogP contribution in [0.1, 0.15) is 50.2 Å². The summed E-state index contributed by atoms with van der Waals surface area (Å²) in [5.74, 6) is 0.190. The van der Waals surface area contributed by atoms with Crippen molar-refractivity contribution in [3.05, 3.63) is 59.7 Å². The molecule has 0 aliphatic heterocycles. The fraction of sp³-hybridized carbons (Fsp3) is 0.480. The average molecular weight is 474 g/mol. The van der Waals surface area contributed by atoms with Gasteiger partial charge in [0.2, 0.25) is 15.9 Å². The summed E-state index contributed by atoms with van der Waals surface area (Å²) in [5.41, 5.74) is 2.22. The summed E-state index contributed by atoms with van der Waals surface area (Å²) in [6, 6.07) is 13.8. The lowest BCUT2D eigenvalue weighted by molar-refractivity contribution is -0.122. The molecular weight excluding hydrogens is 438 g/mol. The first kappa shape index (κ1) is 25.2. The van der Waals surface area contributed by atoms with Crippen LogP contribution >= 0.6 is 0 Å². The van der Waals surface area contributed by atoms with E-state index in [-0.39, 0.29) is 10.8 Å². The van der Waals surface area contributed by atoms with Gasteiger partial charge in [0.1, 0.15) is 5.75 Å². The Kier molecular flexibility index (Phi) is 8.88. The van der Waals surface area contributed by atoms with Crippen molar-refractivity contribution in [3.63, 3.8) is 0 Å². The molecule has 0 radical (unpaired) electrons. The minimum absolute atomic E-state index is 0.0824. The molecule has 0 heterocycles. The van der Waals surface area contributed by atoms with Crippen molar-refractivity contribution in [2.75, 3.05) is 14.2 Å². The molecule has 1 fully saturated rings. The van der Waals surface area contributed by atoms with Gasteiger partial charge in [-0.05, 0) is 62.2 Å². The van der Waals surface area contributed by atoms with Crippen LogP contribution in [0.2, 0.25) is 0 Å². The third kappa shape index (κ3) is 7.03. The number of amides is 1. The van der Waals surface area contributed by atoms with Gasteiger partial charge in [-0.2, -0.15) is 4.72 Å². The summed E-state index contributed by atoms with van der Waals surface area (Å²) < 4.78 is 32.7. The molecule has 1 aliphatic rings. The van der Waals surface area contributed by atoms with Crippen LogP contribution in [0.5, 0.6) is 5.75 Å². The Hall–Kier alpha value is -2.42. The van der Waals surface area contributed by atoms with E-state index < -0.39 is 16.1 Å². The van der Waals surface area contributed by atoms with E-state index in [0.29, 0.717) is 18.3 Å². The second kappa shape index (κ2) is 11.6. The summed E-state index contributed by atoms with van der Waals surface area (Å²) in [5, 5.41) is 2.88. The first-order valence-corrected chi connectivity index (χ1v) is 13.0. The second-order valence-electron chi connectivity index (χ2n) is 8.71. The Morgan fingerprint density at radius 3 is 2.33 bits per heavy atom. The van der Waals surface area contributed by atoms with Gasteiger partial charge in [0.05, 0.1) is 18.0 Å². The molecule has 7 nitrogen and oxygen atoms in total. The Balaban J connectivity index is 1.57. The number of ether oxygens (including phenoxy) is 1. The Labute approximate surface area is 197 Å². The lowest BCUT2D eigenvalue weighted by Gasteiger charge is -2.31. The molecule has 0 aromatic heterocycles. The number of rotatable bonds is 10. The average Bonchev–Trinajstić information content (AvgIpc) is 2.83. The van der Waals surface area contributed by atoms with Crippen molar-refractivity contribution < 1.29 is 17.9 Å². The summed E-state index contributed by atoms with van der Waals surface area (Å²) >= 11 is 0. The molecule has 8 heteroatoms. The summed E-state index contributed by atoms with van der Waals surface area (Å²) in [7, 11) is -0.140. The molecule has 180 valence electrons. The van der Waals surface area contributed by atoms with Crippen LogP contribution in [0.3, 0.4) is 0 Å². The van der Waals surface area contributed by atoms with Crippen LogP contribution in [0.25, 0.3) is 0 Å². The van der Waals surface area contributed by atoms with Crippen molar-refractivity contribution in [1.29, 1.82) is 0 Å². The number of benzene rings is 2. The van der Waals surface area contributed by atoms with Crippen LogP contribution in [0, 0.1) is 0 Å². The number of methoxy groups -OCH3 is 1. The van der Waals surface area contributed by atoms with Gasteiger partial charge in [-0.1, -0.05) is 43.5 Å². The quantitative estimate of drug-likeness (QED) is 0.552. The highest BCUT2D eigenvalue weighted by Gasteiger charge is 2.23. The van der Waals surface area contributed by atoms with Crippen LogP contribution in [-0.4, -0.2) is 45.5 Å². The van der Waals surface area contributed by atoms with Gasteiger partial charge in [-0.3, -0.25) is 9.69 Å². The highest BCUT2D eigenvalue weighted by Crippen LogP contribution is 2.23. The number of hydrogen-bond acceptors (Lipinski definition) is 5. The Bertz CT molecular complexity index is 1020.